The Hall–Kier alpha value is -4.32. The van der Waals surface area contributed by atoms with Crippen molar-refractivity contribution < 1.29 is 19.4 Å². The first-order chi connectivity index (χ1) is 21.4. The molecule has 11 nitrogen and oxygen atoms in total. The minimum absolute atomic E-state index is 0.0760. The van der Waals surface area contributed by atoms with Gasteiger partial charge in [0.15, 0.2) is 0 Å². The van der Waals surface area contributed by atoms with Crippen LogP contribution >= 0.6 is 23.2 Å². The third kappa shape index (κ3) is 7.67. The van der Waals surface area contributed by atoms with E-state index in [0.29, 0.717) is 42.1 Å². The van der Waals surface area contributed by atoms with Gasteiger partial charge in [-0.15, -0.1) is 0 Å². The largest absolute Gasteiger partial charge is 0.456 e. The Morgan fingerprint density at radius 3 is 2.44 bits per heavy atom. The molecule has 13 heteroatoms. The number of amides is 4. The Balaban J connectivity index is 1.28. The number of ether oxygens (including phenoxy) is 1. The molecule has 0 bridgehead atoms. The highest BCUT2D eigenvalue weighted by molar-refractivity contribution is 6.45. The van der Waals surface area contributed by atoms with Gasteiger partial charge < -0.3 is 20.1 Å². The molecule has 4 N–H and O–H groups in total. The molecule has 4 aromatic rings. The molecule has 1 atom stereocenters. The molecule has 0 saturated carbocycles. The molecule has 45 heavy (non-hydrogen) atoms. The van der Waals surface area contributed by atoms with Crippen molar-refractivity contribution in [1.29, 1.82) is 0 Å². The van der Waals surface area contributed by atoms with Crippen molar-refractivity contribution in [3.8, 4) is 17.2 Å². The number of pyridine rings is 1. The number of rotatable bonds is 7. The zero-order valence-corrected chi connectivity index (χ0v) is 26.9. The van der Waals surface area contributed by atoms with E-state index in [2.05, 4.69) is 27.9 Å². The fourth-order valence-electron chi connectivity index (χ4n) is 4.73. The summed E-state index contributed by atoms with van der Waals surface area (Å²) < 4.78 is 7.58. The Morgan fingerprint density at radius 1 is 1.02 bits per heavy atom. The maximum Gasteiger partial charge on any atom is 0.324 e. The Kier molecular flexibility index (Phi) is 9.52. The average molecular weight is 653 g/mol. The Labute approximate surface area is 271 Å². The van der Waals surface area contributed by atoms with Crippen molar-refractivity contribution in [2.75, 3.05) is 29.0 Å². The van der Waals surface area contributed by atoms with Gasteiger partial charge >= 0.3 is 12.1 Å². The normalized spacial score (nSPS) is 14.7. The number of aromatic nitrogens is 3. The highest BCUT2D eigenvalue weighted by Crippen LogP contribution is 2.40. The molecule has 2 aromatic carbocycles. The molecule has 4 amide bonds. The molecule has 236 valence electrons. The van der Waals surface area contributed by atoms with Gasteiger partial charge in [0.05, 0.1) is 28.7 Å². The number of likely N-dealkylation sites (tertiary alicyclic amines) is 1. The third-order valence-electron chi connectivity index (χ3n) is 7.28. The van der Waals surface area contributed by atoms with E-state index in [4.69, 9.17) is 33.0 Å². The second-order valence-corrected chi connectivity index (χ2v) is 12.7. The van der Waals surface area contributed by atoms with Crippen molar-refractivity contribution in [2.45, 2.75) is 46.1 Å². The van der Waals surface area contributed by atoms with Gasteiger partial charge in [-0.2, -0.15) is 5.10 Å². The Morgan fingerprint density at radius 2 is 1.78 bits per heavy atom. The molecule has 1 aliphatic heterocycles. The third-order valence-corrected chi connectivity index (χ3v) is 8.15. The average Bonchev–Trinajstić information content (AvgIpc) is 3.64. The second kappa shape index (κ2) is 13.4. The van der Waals surface area contributed by atoms with Gasteiger partial charge in [-0.25, -0.2) is 19.3 Å². The molecule has 1 fully saturated rings. The standard InChI is InChI=1S/C32H35Cl2N7O4/c1-19-12-14-40(17-19)31(44)37-26-15-22(11-13-35-26)45-24-10-9-23(28(33)29(24)34)36-30(43)38-27-16-25(32(2,3)4)39-41(27)21-7-5-20(18-42)6-8-21/h5-11,13,15-16,19,42H,12,14,17-18H2,1-4H3,(H,35,37,44)(H2,36,38,43). The van der Waals surface area contributed by atoms with Gasteiger partial charge in [-0.05, 0) is 48.2 Å². The van der Waals surface area contributed by atoms with Crippen LogP contribution in [0.5, 0.6) is 11.5 Å². The molecule has 3 heterocycles. The van der Waals surface area contributed by atoms with Gasteiger partial charge in [-0.3, -0.25) is 10.6 Å². The molecular formula is C32H35Cl2N7O4. The number of nitrogens with one attached hydrogen (secondary N) is 3. The number of urea groups is 2. The summed E-state index contributed by atoms with van der Waals surface area (Å²) in [5, 5.41) is 22.7. The highest BCUT2D eigenvalue weighted by Gasteiger charge is 2.24. The van der Waals surface area contributed by atoms with E-state index in [0.717, 1.165) is 17.7 Å². The van der Waals surface area contributed by atoms with E-state index < -0.39 is 6.03 Å². The number of aliphatic hydroxyl groups excluding tert-OH is 1. The summed E-state index contributed by atoms with van der Waals surface area (Å²) >= 11 is 13.1. The van der Waals surface area contributed by atoms with E-state index in [1.807, 2.05) is 39.0 Å². The second-order valence-electron chi connectivity index (χ2n) is 12.0. The van der Waals surface area contributed by atoms with Crippen LogP contribution in [0, 0.1) is 5.92 Å². The molecule has 0 spiro atoms. The molecule has 2 aromatic heterocycles. The monoisotopic (exact) mass is 651 g/mol. The fraction of sp³-hybridized carbons (Fsp3) is 0.312. The first-order valence-electron chi connectivity index (χ1n) is 14.5. The van der Waals surface area contributed by atoms with Gasteiger partial charge in [-0.1, -0.05) is 63.0 Å². The van der Waals surface area contributed by atoms with E-state index in [-0.39, 0.29) is 39.5 Å². The zero-order valence-electron chi connectivity index (χ0n) is 25.4. The van der Waals surface area contributed by atoms with Crippen molar-refractivity contribution >= 4 is 52.6 Å². The molecule has 1 unspecified atom stereocenters. The summed E-state index contributed by atoms with van der Waals surface area (Å²) in [6.07, 6.45) is 2.49. The van der Waals surface area contributed by atoms with Crippen molar-refractivity contribution in [2.24, 2.45) is 5.92 Å². The summed E-state index contributed by atoms with van der Waals surface area (Å²) in [5.74, 6) is 1.89. The molecule has 1 aliphatic rings. The van der Waals surface area contributed by atoms with Gasteiger partial charge in [0.25, 0.3) is 0 Å². The number of anilines is 3. The quantitative estimate of drug-likeness (QED) is 0.162. The topological polar surface area (TPSA) is 134 Å². The van der Waals surface area contributed by atoms with Crippen LogP contribution < -0.4 is 20.7 Å². The SMILES string of the molecule is CC1CCN(C(=O)Nc2cc(Oc3ccc(NC(=O)Nc4cc(C(C)(C)C)nn4-c4ccc(CO)cc4)c(Cl)c3Cl)ccn2)C1. The smallest absolute Gasteiger partial charge is 0.324 e. The molecule has 5 rings (SSSR count). The lowest BCUT2D eigenvalue weighted by atomic mass is 9.92. The van der Waals surface area contributed by atoms with Gasteiger partial charge in [0.1, 0.15) is 28.2 Å². The number of aliphatic hydroxyl groups is 1. The molecular weight excluding hydrogens is 617 g/mol. The lowest BCUT2D eigenvalue weighted by Crippen LogP contribution is -2.33. The molecule has 0 radical (unpaired) electrons. The van der Waals surface area contributed by atoms with Crippen LogP contribution in [0.3, 0.4) is 0 Å². The van der Waals surface area contributed by atoms with E-state index in [1.54, 1.807) is 46.0 Å². The van der Waals surface area contributed by atoms with E-state index in [1.165, 1.54) is 6.20 Å². The van der Waals surface area contributed by atoms with Crippen molar-refractivity contribution in [3.63, 3.8) is 0 Å². The van der Waals surface area contributed by atoms with Gasteiger partial charge in [0, 0.05) is 36.8 Å². The molecule has 1 saturated heterocycles. The van der Waals surface area contributed by atoms with Crippen LogP contribution in [0.4, 0.5) is 26.9 Å². The van der Waals surface area contributed by atoms with E-state index >= 15 is 0 Å². The van der Waals surface area contributed by atoms with Crippen LogP contribution in [0.15, 0.2) is 60.8 Å². The van der Waals surface area contributed by atoms with Crippen molar-refractivity contribution in [1.82, 2.24) is 19.7 Å². The Bertz CT molecular complexity index is 1700. The van der Waals surface area contributed by atoms with Crippen LogP contribution in [-0.4, -0.2) is 49.9 Å². The lowest BCUT2D eigenvalue weighted by Gasteiger charge is -2.17. The number of nitrogens with zero attached hydrogens (tertiary/aromatic N) is 4. The number of carbonyl (C=O) groups is 2. The predicted octanol–water partition coefficient (Wildman–Crippen LogP) is 7.67. The fourth-order valence-corrected chi connectivity index (χ4v) is 5.14. The summed E-state index contributed by atoms with van der Waals surface area (Å²) in [7, 11) is 0. The molecule has 0 aliphatic carbocycles. The number of hydrogen-bond acceptors (Lipinski definition) is 6. The lowest BCUT2D eigenvalue weighted by molar-refractivity contribution is 0.221. The van der Waals surface area contributed by atoms with E-state index in [9.17, 15) is 14.7 Å². The number of halogens is 2. The van der Waals surface area contributed by atoms with Crippen LogP contribution in [0.1, 0.15) is 45.4 Å². The van der Waals surface area contributed by atoms with Crippen molar-refractivity contribution in [3.05, 3.63) is 82.1 Å². The minimum Gasteiger partial charge on any atom is -0.456 e. The first kappa shape index (κ1) is 32.1. The predicted molar refractivity (Wildman–Crippen MR) is 176 cm³/mol. The maximum absolute atomic E-state index is 13.1. The van der Waals surface area contributed by atoms with Crippen LogP contribution in [0.25, 0.3) is 5.69 Å². The summed E-state index contributed by atoms with van der Waals surface area (Å²) in [6.45, 7) is 9.53. The summed E-state index contributed by atoms with van der Waals surface area (Å²) in [4.78, 5) is 31.7. The number of hydrogen-bond donors (Lipinski definition) is 4. The van der Waals surface area contributed by atoms with Crippen LogP contribution in [0.2, 0.25) is 10.0 Å². The minimum atomic E-state index is -0.558. The maximum atomic E-state index is 13.1. The highest BCUT2D eigenvalue weighted by atomic mass is 35.5. The van der Waals surface area contributed by atoms with Crippen LogP contribution in [-0.2, 0) is 12.0 Å². The summed E-state index contributed by atoms with van der Waals surface area (Å²) in [6, 6.07) is 14.6. The number of benzene rings is 2. The first-order valence-corrected chi connectivity index (χ1v) is 15.2. The number of carbonyl (C=O) groups excluding carboxylic acids is 2. The van der Waals surface area contributed by atoms with Gasteiger partial charge in [0.2, 0.25) is 0 Å². The zero-order chi connectivity index (χ0) is 32.3. The summed E-state index contributed by atoms with van der Waals surface area (Å²) in [5.41, 5.74) is 2.24.